The second-order valence-corrected chi connectivity index (χ2v) is 15.9. The molecule has 1 aromatic heterocycles. The molecule has 1 aromatic carbocycles. The Bertz CT molecular complexity index is 1320. The molecular formula is C27H40Cl2NO9PS2. The van der Waals surface area contributed by atoms with Crippen LogP contribution >= 0.6 is 42.1 Å². The first-order valence-electron chi connectivity index (χ1n) is 13.5. The van der Waals surface area contributed by atoms with E-state index in [4.69, 9.17) is 46.5 Å². The summed E-state index contributed by atoms with van der Waals surface area (Å²) in [7, 11) is -8.54. The number of halogens is 2. The predicted octanol–water partition coefficient (Wildman–Crippen LogP) is 7.89. The topological polar surface area (TPSA) is 118 Å². The van der Waals surface area contributed by atoms with Gasteiger partial charge >= 0.3 is 13.7 Å². The summed E-state index contributed by atoms with van der Waals surface area (Å²) in [5, 5.41) is 0. The van der Waals surface area contributed by atoms with E-state index in [1.165, 1.54) is 6.07 Å². The van der Waals surface area contributed by atoms with Crippen LogP contribution in [0.4, 0.5) is 4.79 Å². The zero-order valence-electron chi connectivity index (χ0n) is 24.8. The molecule has 10 nitrogen and oxygen atoms in total. The van der Waals surface area contributed by atoms with Gasteiger partial charge in [-0.3, -0.25) is 4.57 Å². The number of hydrogen-bond acceptors (Lipinski definition) is 10. The van der Waals surface area contributed by atoms with Gasteiger partial charge in [-0.1, -0.05) is 0 Å². The second-order valence-electron chi connectivity index (χ2n) is 9.94. The summed E-state index contributed by atoms with van der Waals surface area (Å²) in [6.45, 7) is 10.6. The van der Waals surface area contributed by atoms with Gasteiger partial charge in [0.2, 0.25) is 0 Å². The van der Waals surface area contributed by atoms with E-state index in [0.717, 1.165) is 16.9 Å². The number of benzene rings is 1. The van der Waals surface area contributed by atoms with E-state index in [0.29, 0.717) is 64.1 Å². The molecule has 0 aliphatic heterocycles. The molecule has 0 radical (unpaired) electrons. The summed E-state index contributed by atoms with van der Waals surface area (Å²) >= 11 is 12.5. The number of alkyl halides is 2. The van der Waals surface area contributed by atoms with Crippen molar-refractivity contribution in [3.63, 3.8) is 0 Å². The molecule has 0 fully saturated rings. The Morgan fingerprint density at radius 3 is 2.02 bits per heavy atom. The van der Waals surface area contributed by atoms with Gasteiger partial charge in [-0.15, -0.1) is 34.5 Å². The average Bonchev–Trinajstić information content (AvgIpc) is 3.39. The Morgan fingerprint density at radius 2 is 1.52 bits per heavy atom. The van der Waals surface area contributed by atoms with Crippen LogP contribution in [0.15, 0.2) is 28.5 Å². The number of carbonyl (C=O) groups is 1. The van der Waals surface area contributed by atoms with Crippen molar-refractivity contribution in [2.24, 2.45) is 0 Å². The molecule has 1 amide bonds. The van der Waals surface area contributed by atoms with Crippen LogP contribution in [0.2, 0.25) is 0 Å². The van der Waals surface area contributed by atoms with E-state index in [2.05, 4.69) is 0 Å². The summed E-state index contributed by atoms with van der Waals surface area (Å²) in [5.74, 6) is 1.91. The third-order valence-electron chi connectivity index (χ3n) is 5.30. The van der Waals surface area contributed by atoms with Gasteiger partial charge in [-0.25, -0.2) is 4.79 Å². The van der Waals surface area contributed by atoms with Crippen LogP contribution in [0.1, 0.15) is 53.0 Å². The maximum Gasteiger partial charge on any atom is 0.424 e. The van der Waals surface area contributed by atoms with Crippen molar-refractivity contribution >= 4 is 58.3 Å². The highest BCUT2D eigenvalue weighted by Crippen LogP contribution is 2.50. The second kappa shape index (κ2) is 16.5. The van der Waals surface area contributed by atoms with Gasteiger partial charge in [0, 0.05) is 16.6 Å². The zero-order valence-corrected chi connectivity index (χ0v) is 28.9. The van der Waals surface area contributed by atoms with Crippen molar-refractivity contribution in [3.05, 3.63) is 29.8 Å². The lowest BCUT2D eigenvalue weighted by Gasteiger charge is -2.28. The van der Waals surface area contributed by atoms with Crippen LogP contribution in [-0.2, 0) is 28.4 Å². The highest BCUT2D eigenvalue weighted by atomic mass is 35.5. The summed E-state index contributed by atoms with van der Waals surface area (Å²) in [5.41, 5.74) is 0.509. The van der Waals surface area contributed by atoms with Crippen LogP contribution in [0.3, 0.4) is 0 Å². The van der Waals surface area contributed by atoms with Crippen molar-refractivity contribution in [2.75, 3.05) is 44.5 Å². The lowest BCUT2D eigenvalue weighted by atomic mass is 10.1. The van der Waals surface area contributed by atoms with Crippen LogP contribution in [-0.4, -0.2) is 68.9 Å². The highest BCUT2D eigenvalue weighted by molar-refractivity contribution is 7.92. The fourth-order valence-corrected chi connectivity index (χ4v) is 8.73. The van der Waals surface area contributed by atoms with Crippen LogP contribution in [0, 0.1) is 6.92 Å². The maximum absolute atomic E-state index is 13.9. The fraction of sp³-hybridized carbons (Fsp3) is 0.593. The Labute approximate surface area is 263 Å². The lowest BCUT2D eigenvalue weighted by Crippen LogP contribution is -2.41. The molecule has 0 spiro atoms. The third-order valence-corrected chi connectivity index (χ3v) is 11.3. The van der Waals surface area contributed by atoms with Crippen molar-refractivity contribution in [2.45, 2.75) is 64.2 Å². The molecule has 15 heteroatoms. The molecule has 0 N–H and O–H groups in total. The van der Waals surface area contributed by atoms with Gasteiger partial charge in [-0.2, -0.15) is 12.7 Å². The Balaban J connectivity index is 2.54. The molecule has 2 rings (SSSR count). The number of nitrogens with zero attached hydrogens (tertiary/aromatic N) is 1. The standard InChI is InChI=1S/C27H40Cl2NO9PS2/c1-7-37-40(32,38-8-2)19-30(26(31)39-27(4,5)6)42(33,34)25-12-11-24(41-25)21-18-23(36-16-10-14-29)22(17-20(21)3)35-15-9-13-28/h11-12,17-18H,7-10,13-16,19H2,1-6H3. The van der Waals surface area contributed by atoms with Gasteiger partial charge in [0.05, 0.1) is 26.4 Å². The molecule has 1 heterocycles. The first-order chi connectivity index (χ1) is 19.7. The molecule has 238 valence electrons. The largest absolute Gasteiger partial charge is 0.490 e. The van der Waals surface area contributed by atoms with E-state index in [9.17, 15) is 17.8 Å². The third kappa shape index (κ3) is 10.6. The monoisotopic (exact) mass is 687 g/mol. The number of sulfonamides is 1. The van der Waals surface area contributed by atoms with E-state index < -0.39 is 35.6 Å². The molecule has 0 saturated heterocycles. The predicted molar refractivity (Wildman–Crippen MR) is 167 cm³/mol. The summed E-state index contributed by atoms with van der Waals surface area (Å²) in [6, 6.07) is 6.62. The fourth-order valence-electron chi connectivity index (χ4n) is 3.55. The van der Waals surface area contributed by atoms with E-state index in [1.807, 2.05) is 13.0 Å². The number of aryl methyl sites for hydroxylation is 1. The van der Waals surface area contributed by atoms with Gasteiger partial charge in [0.25, 0.3) is 10.0 Å². The first-order valence-corrected chi connectivity index (χ1v) is 18.5. The Morgan fingerprint density at radius 1 is 0.976 bits per heavy atom. The molecule has 2 aromatic rings. The van der Waals surface area contributed by atoms with Crippen LogP contribution < -0.4 is 9.47 Å². The minimum absolute atomic E-state index is 0.0111. The van der Waals surface area contributed by atoms with Crippen LogP contribution in [0.25, 0.3) is 10.4 Å². The van der Waals surface area contributed by atoms with E-state index in [-0.39, 0.29) is 17.4 Å². The maximum atomic E-state index is 13.9. The molecular weight excluding hydrogens is 648 g/mol. The van der Waals surface area contributed by atoms with Gasteiger partial charge in [0.15, 0.2) is 11.5 Å². The van der Waals surface area contributed by atoms with Crippen molar-refractivity contribution in [3.8, 4) is 21.9 Å². The Hall–Kier alpha value is -1.53. The van der Waals surface area contributed by atoms with Crippen molar-refractivity contribution in [1.82, 2.24) is 4.31 Å². The number of carbonyl (C=O) groups excluding carboxylic acids is 1. The minimum atomic E-state index is -4.53. The van der Waals surface area contributed by atoms with Gasteiger partial charge < -0.3 is 23.3 Å². The normalized spacial score (nSPS) is 12.3. The lowest BCUT2D eigenvalue weighted by molar-refractivity contribution is 0.0399. The van der Waals surface area contributed by atoms with Gasteiger partial charge in [0.1, 0.15) is 16.1 Å². The smallest absolute Gasteiger partial charge is 0.424 e. The van der Waals surface area contributed by atoms with Gasteiger partial charge in [-0.05, 0) is 89.8 Å². The summed E-state index contributed by atoms with van der Waals surface area (Å²) in [4.78, 5) is 13.8. The number of hydrogen-bond donors (Lipinski definition) is 0. The quantitative estimate of drug-likeness (QED) is 0.0929. The van der Waals surface area contributed by atoms with Crippen molar-refractivity contribution in [1.29, 1.82) is 0 Å². The first kappa shape index (κ1) is 36.7. The molecule has 0 saturated carbocycles. The summed E-state index contributed by atoms with van der Waals surface area (Å²) in [6.07, 6.45) is -0.753. The number of rotatable bonds is 17. The SMILES string of the molecule is CCOP(=O)(CN(C(=O)OC(C)(C)C)S(=O)(=O)c1ccc(-c2cc(OCCCCl)c(OCCCCl)cc2C)s1)OCC. The number of thiophene rings is 1. The highest BCUT2D eigenvalue weighted by Gasteiger charge is 2.41. The minimum Gasteiger partial charge on any atom is -0.490 e. The average molecular weight is 689 g/mol. The summed E-state index contributed by atoms with van der Waals surface area (Å²) < 4.78 is 69.0. The Kier molecular flexibility index (Phi) is 14.4. The van der Waals surface area contributed by atoms with Crippen molar-refractivity contribution < 1.29 is 41.0 Å². The number of amides is 1. The molecule has 0 unspecified atom stereocenters. The molecule has 0 aliphatic rings. The van der Waals surface area contributed by atoms with Crippen LogP contribution in [0.5, 0.6) is 11.5 Å². The molecule has 0 atom stereocenters. The number of ether oxygens (including phenoxy) is 3. The molecule has 0 aliphatic carbocycles. The molecule has 42 heavy (non-hydrogen) atoms. The van der Waals surface area contributed by atoms with E-state index >= 15 is 0 Å². The van der Waals surface area contributed by atoms with E-state index in [1.54, 1.807) is 46.8 Å². The molecule has 0 bridgehead atoms. The zero-order chi connectivity index (χ0) is 31.6.